The Balaban J connectivity index is 1.66. The summed E-state index contributed by atoms with van der Waals surface area (Å²) >= 11 is 5.98. The zero-order valence-corrected chi connectivity index (χ0v) is 15.1. The summed E-state index contributed by atoms with van der Waals surface area (Å²) in [5, 5.41) is 9.59. The molecule has 0 aliphatic carbocycles. The van der Waals surface area contributed by atoms with Gasteiger partial charge in [0.05, 0.1) is 0 Å². The molecule has 0 saturated carbocycles. The molecular weight excluding hydrogens is 364 g/mol. The highest BCUT2D eigenvalue weighted by Gasteiger charge is 2.04. The van der Waals surface area contributed by atoms with Crippen LogP contribution in [0, 0.1) is 0 Å². The summed E-state index contributed by atoms with van der Waals surface area (Å²) in [6, 6.07) is 14.7. The number of benzene rings is 2. The van der Waals surface area contributed by atoms with Gasteiger partial charge in [0, 0.05) is 22.9 Å². The monoisotopic (exact) mass is 380 g/mol. The molecule has 0 spiro atoms. The Bertz CT molecular complexity index is 962. The SMILES string of the molecule is C=CC(=O)Nc1cccc(Nc2ncnc(NCc3cccc(Cl)c3)n2)c1. The smallest absolute Gasteiger partial charge is 0.247 e. The largest absolute Gasteiger partial charge is 0.350 e. The van der Waals surface area contributed by atoms with E-state index >= 15 is 0 Å². The van der Waals surface area contributed by atoms with Crippen molar-refractivity contribution in [2.45, 2.75) is 6.54 Å². The second-order valence-electron chi connectivity index (χ2n) is 5.52. The number of nitrogens with zero attached hydrogens (tertiary/aromatic N) is 3. The molecular formula is C19H17ClN6O. The Morgan fingerprint density at radius 3 is 2.67 bits per heavy atom. The molecule has 3 N–H and O–H groups in total. The van der Waals surface area contributed by atoms with Gasteiger partial charge in [-0.05, 0) is 42.0 Å². The van der Waals surface area contributed by atoms with E-state index < -0.39 is 0 Å². The summed E-state index contributed by atoms with van der Waals surface area (Å²) in [5.74, 6) is 0.536. The van der Waals surface area contributed by atoms with Crippen molar-refractivity contribution < 1.29 is 4.79 Å². The van der Waals surface area contributed by atoms with Crippen LogP contribution < -0.4 is 16.0 Å². The van der Waals surface area contributed by atoms with Gasteiger partial charge in [-0.2, -0.15) is 4.98 Å². The van der Waals surface area contributed by atoms with Crippen LogP contribution in [0.25, 0.3) is 0 Å². The van der Waals surface area contributed by atoms with Gasteiger partial charge in [-0.1, -0.05) is 36.4 Å². The molecule has 136 valence electrons. The zero-order valence-electron chi connectivity index (χ0n) is 14.3. The maximum atomic E-state index is 11.4. The van der Waals surface area contributed by atoms with Crippen LogP contribution >= 0.6 is 11.6 Å². The van der Waals surface area contributed by atoms with E-state index in [0.717, 1.165) is 11.3 Å². The average molecular weight is 381 g/mol. The molecule has 1 heterocycles. The molecule has 0 aliphatic rings. The maximum absolute atomic E-state index is 11.4. The second kappa shape index (κ2) is 8.77. The van der Waals surface area contributed by atoms with Gasteiger partial charge in [-0.3, -0.25) is 4.79 Å². The molecule has 0 aliphatic heterocycles. The molecule has 0 unspecified atom stereocenters. The van der Waals surface area contributed by atoms with E-state index in [1.807, 2.05) is 30.3 Å². The minimum absolute atomic E-state index is 0.278. The molecule has 0 saturated heterocycles. The van der Waals surface area contributed by atoms with Gasteiger partial charge in [0.15, 0.2) is 0 Å². The molecule has 0 fully saturated rings. The van der Waals surface area contributed by atoms with Crippen LogP contribution in [-0.2, 0) is 11.3 Å². The first-order valence-electron chi connectivity index (χ1n) is 8.10. The lowest BCUT2D eigenvalue weighted by atomic mass is 10.2. The van der Waals surface area contributed by atoms with E-state index in [0.29, 0.717) is 29.2 Å². The topological polar surface area (TPSA) is 91.8 Å². The van der Waals surface area contributed by atoms with Gasteiger partial charge in [0.2, 0.25) is 17.8 Å². The molecule has 0 bridgehead atoms. The van der Waals surface area contributed by atoms with Gasteiger partial charge in [-0.15, -0.1) is 0 Å². The first kappa shape index (κ1) is 18.3. The minimum atomic E-state index is -0.278. The van der Waals surface area contributed by atoms with E-state index in [1.54, 1.807) is 18.2 Å². The number of halogens is 1. The number of amides is 1. The third-order valence-corrected chi connectivity index (χ3v) is 3.72. The van der Waals surface area contributed by atoms with Crippen LogP contribution in [-0.4, -0.2) is 20.9 Å². The molecule has 7 nitrogen and oxygen atoms in total. The highest BCUT2D eigenvalue weighted by atomic mass is 35.5. The van der Waals surface area contributed by atoms with Crippen molar-refractivity contribution in [3.8, 4) is 0 Å². The van der Waals surface area contributed by atoms with Gasteiger partial charge in [-0.25, -0.2) is 9.97 Å². The molecule has 1 amide bonds. The number of aromatic nitrogens is 3. The normalized spacial score (nSPS) is 10.1. The van der Waals surface area contributed by atoms with Gasteiger partial charge < -0.3 is 16.0 Å². The fraction of sp³-hybridized carbons (Fsp3) is 0.0526. The van der Waals surface area contributed by atoms with Crippen molar-refractivity contribution in [2.75, 3.05) is 16.0 Å². The summed E-state index contributed by atoms with van der Waals surface area (Å²) in [5.41, 5.74) is 2.38. The second-order valence-corrected chi connectivity index (χ2v) is 5.95. The number of hydrogen-bond donors (Lipinski definition) is 3. The van der Waals surface area contributed by atoms with E-state index in [1.165, 1.54) is 12.4 Å². The van der Waals surface area contributed by atoms with Gasteiger partial charge in [0.25, 0.3) is 0 Å². The minimum Gasteiger partial charge on any atom is -0.350 e. The molecule has 8 heteroatoms. The predicted molar refractivity (Wildman–Crippen MR) is 107 cm³/mol. The van der Waals surface area contributed by atoms with Gasteiger partial charge >= 0.3 is 0 Å². The van der Waals surface area contributed by atoms with E-state index in [2.05, 4.69) is 37.5 Å². The standard InChI is InChI=1S/C19H17ClN6O/c1-2-17(27)24-15-7-4-8-16(10-15)25-19-23-12-22-18(26-19)21-11-13-5-3-6-14(20)9-13/h2-10,12H,1,11H2,(H,24,27)(H2,21,22,23,25,26). The molecule has 0 radical (unpaired) electrons. The van der Waals surface area contributed by atoms with E-state index in [4.69, 9.17) is 11.6 Å². The Morgan fingerprint density at radius 2 is 1.85 bits per heavy atom. The van der Waals surface area contributed by atoms with Crippen LogP contribution in [0.1, 0.15) is 5.56 Å². The van der Waals surface area contributed by atoms with Crippen molar-refractivity contribution >= 4 is 40.8 Å². The quantitative estimate of drug-likeness (QED) is 0.536. The van der Waals surface area contributed by atoms with Crippen molar-refractivity contribution in [2.24, 2.45) is 0 Å². The van der Waals surface area contributed by atoms with E-state index in [-0.39, 0.29) is 5.91 Å². The summed E-state index contributed by atoms with van der Waals surface area (Å²) < 4.78 is 0. The number of carbonyl (C=O) groups is 1. The Labute approximate surface area is 161 Å². The summed E-state index contributed by atoms with van der Waals surface area (Å²) in [7, 11) is 0. The van der Waals surface area contributed by atoms with Crippen molar-refractivity contribution in [3.05, 3.63) is 78.1 Å². The average Bonchev–Trinajstić information content (AvgIpc) is 2.67. The first-order valence-corrected chi connectivity index (χ1v) is 8.48. The lowest BCUT2D eigenvalue weighted by Crippen LogP contribution is -2.08. The summed E-state index contributed by atoms with van der Waals surface area (Å²) in [6.45, 7) is 3.97. The molecule has 3 aromatic rings. The number of carbonyl (C=O) groups excluding carboxylic acids is 1. The molecule has 1 aromatic heterocycles. The highest BCUT2D eigenvalue weighted by molar-refractivity contribution is 6.30. The number of hydrogen-bond acceptors (Lipinski definition) is 6. The lowest BCUT2D eigenvalue weighted by Gasteiger charge is -2.09. The predicted octanol–water partition coefficient (Wildman–Crippen LogP) is 4.01. The molecule has 2 aromatic carbocycles. The first-order chi connectivity index (χ1) is 13.1. The Morgan fingerprint density at radius 1 is 1.07 bits per heavy atom. The van der Waals surface area contributed by atoms with Gasteiger partial charge in [0.1, 0.15) is 6.33 Å². The Hall–Kier alpha value is -3.45. The summed E-state index contributed by atoms with van der Waals surface area (Å²) in [6.07, 6.45) is 2.63. The van der Waals surface area contributed by atoms with Crippen LogP contribution in [0.3, 0.4) is 0 Å². The van der Waals surface area contributed by atoms with Crippen molar-refractivity contribution in [1.29, 1.82) is 0 Å². The summed E-state index contributed by atoms with van der Waals surface area (Å²) in [4.78, 5) is 24.0. The lowest BCUT2D eigenvalue weighted by molar-refractivity contribution is -0.111. The number of rotatable bonds is 7. The number of anilines is 4. The fourth-order valence-corrected chi connectivity index (χ4v) is 2.48. The van der Waals surface area contributed by atoms with Crippen LogP contribution in [0.2, 0.25) is 5.02 Å². The zero-order chi connectivity index (χ0) is 19.1. The fourth-order valence-electron chi connectivity index (χ4n) is 2.27. The molecule has 3 rings (SSSR count). The van der Waals surface area contributed by atoms with Crippen LogP contribution in [0.15, 0.2) is 67.5 Å². The third-order valence-electron chi connectivity index (χ3n) is 3.48. The highest BCUT2D eigenvalue weighted by Crippen LogP contribution is 2.18. The Kier molecular flexibility index (Phi) is 5.96. The molecule has 0 atom stereocenters. The van der Waals surface area contributed by atoms with Crippen LogP contribution in [0.5, 0.6) is 0 Å². The maximum Gasteiger partial charge on any atom is 0.247 e. The van der Waals surface area contributed by atoms with Crippen LogP contribution in [0.4, 0.5) is 23.3 Å². The van der Waals surface area contributed by atoms with Crippen molar-refractivity contribution in [1.82, 2.24) is 15.0 Å². The third kappa shape index (κ3) is 5.52. The van der Waals surface area contributed by atoms with E-state index in [9.17, 15) is 4.79 Å². The van der Waals surface area contributed by atoms with Crippen molar-refractivity contribution in [3.63, 3.8) is 0 Å². The molecule has 27 heavy (non-hydrogen) atoms. The number of nitrogens with one attached hydrogen (secondary N) is 3.